The van der Waals surface area contributed by atoms with Gasteiger partial charge in [0.1, 0.15) is 18.5 Å². The molecule has 1 aliphatic heterocycles. The fraction of sp³-hybridized carbons (Fsp3) is 0.429. The third-order valence-corrected chi connectivity index (χ3v) is 6.63. The number of H-pyrrole nitrogens is 1. The number of carbonyl (C=O) groups is 2. The molecule has 2 amide bonds. The Balaban J connectivity index is 1.33. The molecule has 8 nitrogen and oxygen atoms in total. The average molecular weight is 493 g/mol. The fourth-order valence-corrected chi connectivity index (χ4v) is 4.73. The van der Waals surface area contributed by atoms with Gasteiger partial charge in [0.2, 0.25) is 11.8 Å². The molecule has 1 aliphatic rings. The van der Waals surface area contributed by atoms with Crippen LogP contribution in [0.25, 0.3) is 10.9 Å². The maximum absolute atomic E-state index is 12.7. The summed E-state index contributed by atoms with van der Waals surface area (Å²) in [7, 11) is 3.40. The van der Waals surface area contributed by atoms with Gasteiger partial charge in [-0.2, -0.15) is 0 Å². The van der Waals surface area contributed by atoms with Crippen LogP contribution in [-0.2, 0) is 16.0 Å². The number of nitrogens with one attached hydrogen (secondary N) is 2. The van der Waals surface area contributed by atoms with Crippen LogP contribution in [0, 0.1) is 5.92 Å². The van der Waals surface area contributed by atoms with Gasteiger partial charge >= 0.3 is 0 Å². The number of hydrogen-bond acceptors (Lipinski definition) is 5. The Morgan fingerprint density at radius 1 is 1.22 bits per heavy atom. The van der Waals surface area contributed by atoms with E-state index in [0.29, 0.717) is 24.5 Å². The molecule has 4 rings (SSSR count). The second-order valence-corrected chi connectivity index (χ2v) is 10.4. The molecular formula is C28H36N4O4. The molecule has 8 heteroatoms. The summed E-state index contributed by atoms with van der Waals surface area (Å²) in [5.74, 6) is -0.0101. The van der Waals surface area contributed by atoms with Gasteiger partial charge in [0.05, 0.1) is 11.6 Å². The number of benzene rings is 2. The number of nitrogens with zero attached hydrogens (tertiary/aromatic N) is 2. The third kappa shape index (κ3) is 5.88. The van der Waals surface area contributed by atoms with Crippen molar-refractivity contribution in [3.63, 3.8) is 0 Å². The average Bonchev–Trinajstić information content (AvgIpc) is 3.44. The van der Waals surface area contributed by atoms with Crippen LogP contribution in [-0.4, -0.2) is 72.2 Å². The summed E-state index contributed by atoms with van der Waals surface area (Å²) >= 11 is 0. The van der Waals surface area contributed by atoms with Gasteiger partial charge in [-0.3, -0.25) is 9.59 Å². The minimum Gasteiger partial charge on any atom is -0.489 e. The maximum Gasteiger partial charge on any atom is 0.227 e. The largest absolute Gasteiger partial charge is 0.489 e. The van der Waals surface area contributed by atoms with E-state index in [1.54, 1.807) is 25.1 Å². The Morgan fingerprint density at radius 2 is 1.94 bits per heavy atom. The zero-order valence-electron chi connectivity index (χ0n) is 21.5. The van der Waals surface area contributed by atoms with E-state index in [-0.39, 0.29) is 36.3 Å². The molecule has 1 unspecified atom stereocenters. The zero-order chi connectivity index (χ0) is 25.9. The number of anilines is 1. The minimum atomic E-state index is -0.738. The van der Waals surface area contributed by atoms with E-state index in [2.05, 4.69) is 36.3 Å². The van der Waals surface area contributed by atoms with E-state index in [0.717, 1.165) is 11.9 Å². The van der Waals surface area contributed by atoms with Crippen molar-refractivity contribution < 1.29 is 19.4 Å². The molecule has 1 fully saturated rings. The van der Waals surface area contributed by atoms with E-state index in [1.807, 2.05) is 36.5 Å². The summed E-state index contributed by atoms with van der Waals surface area (Å²) in [6.07, 6.45) is 2.29. The Morgan fingerprint density at radius 3 is 2.72 bits per heavy atom. The van der Waals surface area contributed by atoms with Crippen LogP contribution in [0.5, 0.6) is 5.75 Å². The van der Waals surface area contributed by atoms with Crippen molar-refractivity contribution in [1.29, 1.82) is 0 Å². The number of carbonyl (C=O) groups excluding carboxylic acids is 2. The lowest BCUT2D eigenvalue weighted by atomic mass is 9.94. The molecule has 1 saturated heterocycles. The normalized spacial score (nSPS) is 17.0. The molecule has 0 radical (unpaired) electrons. The molecule has 3 aromatic rings. The Labute approximate surface area is 212 Å². The second kappa shape index (κ2) is 10.7. The fourth-order valence-electron chi connectivity index (χ4n) is 4.73. The maximum atomic E-state index is 12.7. The molecule has 1 aromatic heterocycles. The molecule has 0 bridgehead atoms. The highest BCUT2D eigenvalue weighted by molar-refractivity contribution is 6.01. The first kappa shape index (κ1) is 25.7. The highest BCUT2D eigenvalue weighted by Crippen LogP contribution is 2.33. The van der Waals surface area contributed by atoms with E-state index in [1.165, 1.54) is 15.8 Å². The van der Waals surface area contributed by atoms with Crippen LogP contribution in [0.3, 0.4) is 0 Å². The Kier molecular flexibility index (Phi) is 7.66. The highest BCUT2D eigenvalue weighted by atomic mass is 16.5. The Bertz CT molecular complexity index is 1220. The van der Waals surface area contributed by atoms with Crippen molar-refractivity contribution in [2.75, 3.05) is 38.7 Å². The van der Waals surface area contributed by atoms with Gasteiger partial charge in [0.15, 0.2) is 0 Å². The smallest absolute Gasteiger partial charge is 0.227 e. The molecule has 36 heavy (non-hydrogen) atoms. The van der Waals surface area contributed by atoms with E-state index < -0.39 is 6.10 Å². The number of fused-ring (bicyclic) bond motifs is 1. The number of aromatic nitrogens is 1. The predicted octanol–water partition coefficient (Wildman–Crippen LogP) is 2.96. The summed E-state index contributed by atoms with van der Waals surface area (Å²) < 4.78 is 5.95. The SMILES string of the molecule is CN(C)C(=O)C1CC(=O)N(c2ccccc2OC[C@@H](O)CNC(C)(C)Cc2c[nH]c3ccccc23)C1. The standard InChI is InChI=1S/C28H36N4O4/c1-28(2,14-20-15-29-23-10-6-5-9-22(20)23)30-16-21(33)18-36-25-12-8-7-11-24(25)32-17-19(13-26(32)34)27(35)31(3)4/h5-12,15,19,21,29-30,33H,13-14,16-18H2,1-4H3/t19?,21-/m0/s1. The van der Waals surface area contributed by atoms with Crippen LogP contribution in [0.2, 0.25) is 0 Å². The van der Waals surface area contributed by atoms with Crippen LogP contribution in [0.15, 0.2) is 54.7 Å². The lowest BCUT2D eigenvalue weighted by Gasteiger charge is -2.28. The number of ether oxygens (including phenoxy) is 1. The first-order valence-electron chi connectivity index (χ1n) is 12.4. The van der Waals surface area contributed by atoms with Gasteiger partial charge in [0.25, 0.3) is 0 Å². The van der Waals surface area contributed by atoms with Crippen molar-refractivity contribution in [2.24, 2.45) is 5.92 Å². The first-order chi connectivity index (χ1) is 17.1. The third-order valence-electron chi connectivity index (χ3n) is 6.63. The zero-order valence-corrected chi connectivity index (χ0v) is 21.5. The summed E-state index contributed by atoms with van der Waals surface area (Å²) in [5.41, 5.74) is 2.73. The quantitative estimate of drug-likeness (QED) is 0.404. The van der Waals surface area contributed by atoms with E-state index >= 15 is 0 Å². The van der Waals surface area contributed by atoms with Crippen molar-refractivity contribution in [3.05, 3.63) is 60.3 Å². The van der Waals surface area contributed by atoms with E-state index in [9.17, 15) is 14.7 Å². The molecule has 0 saturated carbocycles. The van der Waals surface area contributed by atoms with Gasteiger partial charge in [-0.1, -0.05) is 30.3 Å². The van der Waals surface area contributed by atoms with Crippen LogP contribution in [0.4, 0.5) is 5.69 Å². The molecule has 0 aliphatic carbocycles. The summed E-state index contributed by atoms with van der Waals surface area (Å²) in [5, 5.41) is 15.3. The molecule has 0 spiro atoms. The molecule has 2 atom stereocenters. The second-order valence-electron chi connectivity index (χ2n) is 10.4. The van der Waals surface area contributed by atoms with E-state index in [4.69, 9.17) is 4.74 Å². The van der Waals surface area contributed by atoms with Gasteiger partial charge < -0.3 is 29.9 Å². The topological polar surface area (TPSA) is 97.9 Å². The lowest BCUT2D eigenvalue weighted by Crippen LogP contribution is -2.46. The van der Waals surface area contributed by atoms with Gasteiger partial charge in [-0.05, 0) is 44.0 Å². The van der Waals surface area contributed by atoms with Crippen molar-refractivity contribution in [3.8, 4) is 5.75 Å². The summed E-state index contributed by atoms with van der Waals surface area (Å²) in [4.78, 5) is 31.5. The first-order valence-corrected chi connectivity index (χ1v) is 12.4. The number of rotatable bonds is 10. The minimum absolute atomic E-state index is 0.0546. The van der Waals surface area contributed by atoms with Crippen LogP contribution >= 0.6 is 0 Å². The molecule has 2 heterocycles. The number of aliphatic hydroxyl groups excluding tert-OH is 1. The molecule has 3 N–H and O–H groups in total. The lowest BCUT2D eigenvalue weighted by molar-refractivity contribution is -0.133. The van der Waals surface area contributed by atoms with Gasteiger partial charge in [-0.25, -0.2) is 0 Å². The molecular weight excluding hydrogens is 456 g/mol. The Hall–Kier alpha value is -3.36. The highest BCUT2D eigenvalue weighted by Gasteiger charge is 2.37. The molecule has 2 aromatic carbocycles. The van der Waals surface area contributed by atoms with Crippen molar-refractivity contribution in [2.45, 2.75) is 38.3 Å². The van der Waals surface area contributed by atoms with Gasteiger partial charge in [-0.15, -0.1) is 0 Å². The summed E-state index contributed by atoms with van der Waals surface area (Å²) in [6, 6.07) is 15.5. The van der Waals surface area contributed by atoms with Crippen molar-refractivity contribution >= 4 is 28.4 Å². The number of hydrogen-bond donors (Lipinski definition) is 3. The molecule has 192 valence electrons. The van der Waals surface area contributed by atoms with Crippen molar-refractivity contribution in [1.82, 2.24) is 15.2 Å². The van der Waals surface area contributed by atoms with Crippen LogP contribution in [0.1, 0.15) is 25.8 Å². The number of amides is 2. The number of aromatic amines is 1. The summed E-state index contributed by atoms with van der Waals surface area (Å²) in [6.45, 7) is 4.99. The number of aliphatic hydroxyl groups is 1. The predicted molar refractivity (Wildman–Crippen MR) is 141 cm³/mol. The number of para-hydroxylation sites is 3. The van der Waals surface area contributed by atoms with Crippen LogP contribution < -0.4 is 15.0 Å². The van der Waals surface area contributed by atoms with Gasteiger partial charge in [0, 0.05) is 56.2 Å². The number of β-amino-alcohol motifs (C(OH)–C–C–N with tert-alkyl or cyclic N) is 1. The monoisotopic (exact) mass is 492 g/mol.